The maximum absolute atomic E-state index is 14.0. The van der Waals surface area contributed by atoms with Gasteiger partial charge in [-0.3, -0.25) is 4.79 Å². The number of nitrogens with one attached hydrogen (secondary N) is 2. The fourth-order valence-electron chi connectivity index (χ4n) is 2.34. The molecule has 0 aliphatic rings. The molecule has 3 rings (SSSR count). The van der Waals surface area contributed by atoms with Gasteiger partial charge in [0.2, 0.25) is 0 Å². The van der Waals surface area contributed by atoms with Crippen molar-refractivity contribution in [3.8, 4) is 0 Å². The first-order valence-corrected chi connectivity index (χ1v) is 7.56. The van der Waals surface area contributed by atoms with Crippen LogP contribution < -0.4 is 22.1 Å². The summed E-state index contributed by atoms with van der Waals surface area (Å²) < 4.78 is 19.5. The van der Waals surface area contributed by atoms with Gasteiger partial charge in [0.25, 0.3) is 5.91 Å². The third-order valence-electron chi connectivity index (χ3n) is 3.44. The Kier molecular flexibility index (Phi) is 4.48. The van der Waals surface area contributed by atoms with Crippen LogP contribution in [-0.4, -0.2) is 29.0 Å². The van der Waals surface area contributed by atoms with Gasteiger partial charge in [-0.05, 0) is 18.2 Å². The predicted octanol–water partition coefficient (Wildman–Crippen LogP) is 1.88. The van der Waals surface area contributed by atoms with E-state index in [4.69, 9.17) is 15.9 Å². The maximum atomic E-state index is 14.0. The molecule has 8 nitrogen and oxygen atoms in total. The summed E-state index contributed by atoms with van der Waals surface area (Å²) in [6.07, 6.45) is 0. The minimum Gasteiger partial charge on any atom is -0.441 e. The van der Waals surface area contributed by atoms with Crippen LogP contribution >= 0.6 is 0 Å². The van der Waals surface area contributed by atoms with Crippen LogP contribution in [0.25, 0.3) is 11.1 Å². The van der Waals surface area contributed by atoms with E-state index in [9.17, 15) is 9.18 Å². The first kappa shape index (κ1) is 16.7. The lowest BCUT2D eigenvalue weighted by Crippen LogP contribution is -2.18. The highest BCUT2D eigenvalue weighted by Crippen LogP contribution is 2.26. The van der Waals surface area contributed by atoms with Crippen molar-refractivity contribution in [1.29, 1.82) is 0 Å². The molecular weight excluding hydrogens is 327 g/mol. The molecule has 0 unspecified atom stereocenters. The predicted molar refractivity (Wildman–Crippen MR) is 92.3 cm³/mol. The highest BCUT2D eigenvalue weighted by molar-refractivity contribution is 5.98. The van der Waals surface area contributed by atoms with E-state index in [0.717, 1.165) is 6.07 Å². The number of rotatable bonds is 6. The first-order valence-electron chi connectivity index (χ1n) is 7.56. The van der Waals surface area contributed by atoms with Crippen LogP contribution in [0.3, 0.4) is 0 Å². The molecule has 6 N–H and O–H groups in total. The van der Waals surface area contributed by atoms with Gasteiger partial charge in [0.15, 0.2) is 23.1 Å². The number of carbonyl (C=O) groups excluding carboxylic acids is 1. The Balaban J connectivity index is 1.99. The molecule has 3 aromatic rings. The summed E-state index contributed by atoms with van der Waals surface area (Å²) in [7, 11) is 0. The molecule has 25 heavy (non-hydrogen) atoms. The number of anilines is 3. The van der Waals surface area contributed by atoms with E-state index in [2.05, 4.69) is 20.6 Å². The maximum Gasteiger partial charge on any atom is 0.252 e. The molecule has 0 bridgehead atoms. The Morgan fingerprint density at radius 3 is 2.80 bits per heavy atom. The second-order valence-corrected chi connectivity index (χ2v) is 5.34. The molecule has 0 spiro atoms. The van der Waals surface area contributed by atoms with Gasteiger partial charge >= 0.3 is 0 Å². The topological polar surface area (TPSA) is 132 Å². The molecule has 9 heteroatoms. The largest absolute Gasteiger partial charge is 0.441 e. The second-order valence-electron chi connectivity index (χ2n) is 5.34. The lowest BCUT2D eigenvalue weighted by atomic mass is 10.2. The monoisotopic (exact) mass is 344 g/mol. The highest BCUT2D eigenvalue weighted by Gasteiger charge is 2.16. The number of benzene rings is 1. The van der Waals surface area contributed by atoms with E-state index in [1.807, 2.05) is 0 Å². The zero-order valence-corrected chi connectivity index (χ0v) is 13.5. The normalized spacial score (nSPS) is 10.8. The average Bonchev–Trinajstić information content (AvgIpc) is 2.94. The number of pyridine rings is 1. The number of aromatic nitrogens is 2. The molecular formula is C16H17FN6O2. The van der Waals surface area contributed by atoms with Crippen molar-refractivity contribution < 1.29 is 13.6 Å². The Bertz CT molecular complexity index is 940. The van der Waals surface area contributed by atoms with Crippen molar-refractivity contribution in [2.24, 2.45) is 11.5 Å². The zero-order valence-electron chi connectivity index (χ0n) is 13.5. The summed E-state index contributed by atoms with van der Waals surface area (Å²) in [5.74, 6) is -0.832. The zero-order chi connectivity index (χ0) is 18.0. The van der Waals surface area contributed by atoms with Gasteiger partial charge < -0.3 is 26.5 Å². The Morgan fingerprint density at radius 2 is 2.08 bits per heavy atom. The number of fused-ring (bicyclic) bond motifs is 1. The minimum absolute atomic E-state index is 0.0189. The van der Waals surface area contributed by atoms with E-state index in [1.54, 1.807) is 25.1 Å². The van der Waals surface area contributed by atoms with E-state index in [1.165, 1.54) is 0 Å². The van der Waals surface area contributed by atoms with Gasteiger partial charge in [-0.15, -0.1) is 0 Å². The summed E-state index contributed by atoms with van der Waals surface area (Å²) in [6, 6.07) is 6.24. The van der Waals surface area contributed by atoms with Crippen molar-refractivity contribution in [3.63, 3.8) is 0 Å². The average molecular weight is 344 g/mol. The smallest absolute Gasteiger partial charge is 0.252 e. The number of hydrogen-bond acceptors (Lipinski definition) is 7. The molecule has 0 aliphatic carbocycles. The molecule has 1 amide bonds. The van der Waals surface area contributed by atoms with Crippen molar-refractivity contribution >= 4 is 34.3 Å². The fourth-order valence-corrected chi connectivity index (χ4v) is 2.34. The van der Waals surface area contributed by atoms with Crippen LogP contribution in [0.2, 0.25) is 0 Å². The molecule has 2 heterocycles. The fraction of sp³-hybridized carbons (Fsp3) is 0.188. The number of primary amides is 1. The standard InChI is InChI=1S/C16H17FN6O2/c1-8-21-12-3-2-9(6-13(12)25-8)22-15-10(14(19)24)7-11(17)16(23-15)20-5-4-18/h2-3,6-7H,4-5,18H2,1H3,(H2,19,24)(H2,20,22,23). The number of hydrogen-bond donors (Lipinski definition) is 4. The summed E-state index contributed by atoms with van der Waals surface area (Å²) >= 11 is 0. The van der Waals surface area contributed by atoms with Crippen LogP contribution in [0.1, 0.15) is 16.2 Å². The van der Waals surface area contributed by atoms with Crippen LogP contribution in [0.4, 0.5) is 21.7 Å². The molecule has 0 aliphatic heterocycles. The quantitative estimate of drug-likeness (QED) is 0.537. The molecule has 130 valence electrons. The third kappa shape index (κ3) is 3.50. The third-order valence-corrected chi connectivity index (χ3v) is 3.44. The van der Waals surface area contributed by atoms with Gasteiger partial charge in [0.1, 0.15) is 11.3 Å². The SMILES string of the molecule is Cc1nc2ccc(Nc3nc(NCCN)c(F)cc3C(N)=O)cc2o1. The van der Waals surface area contributed by atoms with Crippen molar-refractivity contribution in [1.82, 2.24) is 9.97 Å². The van der Waals surface area contributed by atoms with Crippen LogP contribution in [0.15, 0.2) is 28.7 Å². The molecule has 0 fully saturated rings. The second kappa shape index (κ2) is 6.73. The Hall–Kier alpha value is -3.20. The first-order chi connectivity index (χ1) is 12.0. The Morgan fingerprint density at radius 1 is 1.28 bits per heavy atom. The van der Waals surface area contributed by atoms with Crippen molar-refractivity contribution in [3.05, 3.63) is 41.5 Å². The number of halogens is 1. The highest BCUT2D eigenvalue weighted by atomic mass is 19.1. The van der Waals surface area contributed by atoms with Gasteiger partial charge in [-0.25, -0.2) is 14.4 Å². The molecule has 1 aromatic carbocycles. The van der Waals surface area contributed by atoms with Gasteiger partial charge in [0.05, 0.1) is 5.56 Å². The van der Waals surface area contributed by atoms with E-state index >= 15 is 0 Å². The molecule has 0 saturated heterocycles. The van der Waals surface area contributed by atoms with E-state index < -0.39 is 11.7 Å². The van der Waals surface area contributed by atoms with Crippen LogP contribution in [0, 0.1) is 12.7 Å². The van der Waals surface area contributed by atoms with Crippen LogP contribution in [-0.2, 0) is 0 Å². The molecule has 2 aromatic heterocycles. The number of nitrogens with two attached hydrogens (primary N) is 2. The van der Waals surface area contributed by atoms with Gasteiger partial charge in [0, 0.05) is 31.8 Å². The summed E-state index contributed by atoms with van der Waals surface area (Å²) in [5.41, 5.74) is 12.5. The number of oxazole rings is 1. The minimum atomic E-state index is -0.795. The van der Waals surface area contributed by atoms with Crippen LogP contribution in [0.5, 0.6) is 0 Å². The molecule has 0 saturated carbocycles. The summed E-state index contributed by atoms with van der Waals surface area (Å²) in [6.45, 7) is 2.39. The summed E-state index contributed by atoms with van der Waals surface area (Å²) in [5, 5.41) is 5.72. The number of amides is 1. The summed E-state index contributed by atoms with van der Waals surface area (Å²) in [4.78, 5) is 19.9. The van der Waals surface area contributed by atoms with E-state index in [-0.39, 0.29) is 17.2 Å². The Labute approximate surface area is 142 Å². The van der Waals surface area contributed by atoms with Crippen molar-refractivity contribution in [2.75, 3.05) is 23.7 Å². The van der Waals surface area contributed by atoms with Gasteiger partial charge in [-0.1, -0.05) is 0 Å². The molecule has 0 radical (unpaired) electrons. The van der Waals surface area contributed by atoms with E-state index in [0.29, 0.717) is 35.8 Å². The number of nitrogens with zero attached hydrogens (tertiary/aromatic N) is 2. The molecule has 0 atom stereocenters. The lowest BCUT2D eigenvalue weighted by Gasteiger charge is -2.13. The lowest BCUT2D eigenvalue weighted by molar-refractivity contribution is 0.100. The number of carbonyl (C=O) groups is 1. The number of aryl methyl sites for hydroxylation is 1. The van der Waals surface area contributed by atoms with Crippen molar-refractivity contribution in [2.45, 2.75) is 6.92 Å². The van der Waals surface area contributed by atoms with Gasteiger partial charge in [-0.2, -0.15) is 0 Å².